The third-order valence-electron chi connectivity index (χ3n) is 4.17. The molecular weight excluding hydrogens is 227 g/mol. The molecule has 1 fully saturated rings. The van der Waals surface area contributed by atoms with Gasteiger partial charge in [0.25, 0.3) is 0 Å². The van der Waals surface area contributed by atoms with Crippen LogP contribution in [0.15, 0.2) is 18.2 Å². The van der Waals surface area contributed by atoms with E-state index in [-0.39, 0.29) is 5.82 Å². The Bertz CT molecular complexity index is 419. The Kier molecular flexibility index (Phi) is 3.91. The van der Waals surface area contributed by atoms with Gasteiger partial charge in [-0.25, -0.2) is 4.39 Å². The Labute approximate surface area is 109 Å². The molecule has 2 N–H and O–H groups in total. The lowest BCUT2D eigenvalue weighted by atomic mass is 9.86. The second-order valence-corrected chi connectivity index (χ2v) is 5.84. The van der Waals surface area contributed by atoms with Crippen LogP contribution in [0.1, 0.15) is 32.8 Å². The maximum absolute atomic E-state index is 13.8. The average molecular weight is 250 g/mol. The highest BCUT2D eigenvalue weighted by molar-refractivity contribution is 5.40. The lowest BCUT2D eigenvalue weighted by Crippen LogP contribution is -2.45. The summed E-state index contributed by atoms with van der Waals surface area (Å²) in [6.07, 6.45) is 1.27. The minimum atomic E-state index is -0.187. The molecule has 0 bridgehead atoms. The molecule has 2 nitrogen and oxygen atoms in total. The van der Waals surface area contributed by atoms with Gasteiger partial charge in [0.2, 0.25) is 0 Å². The topological polar surface area (TPSA) is 29.3 Å². The van der Waals surface area contributed by atoms with Crippen molar-refractivity contribution in [2.45, 2.75) is 39.8 Å². The van der Waals surface area contributed by atoms with Crippen molar-refractivity contribution in [3.8, 4) is 0 Å². The first-order chi connectivity index (χ1) is 8.47. The zero-order valence-corrected chi connectivity index (χ0v) is 11.5. The number of nitrogen functional groups attached to an aromatic ring is 1. The molecule has 3 unspecified atom stereocenters. The van der Waals surface area contributed by atoms with Crippen molar-refractivity contribution in [2.75, 3.05) is 12.3 Å². The molecule has 0 spiro atoms. The normalized spacial score (nSPS) is 29.4. The van der Waals surface area contributed by atoms with Crippen molar-refractivity contribution in [1.29, 1.82) is 0 Å². The molecule has 1 aliphatic heterocycles. The summed E-state index contributed by atoms with van der Waals surface area (Å²) in [5.74, 6) is 1.17. The van der Waals surface area contributed by atoms with Crippen LogP contribution in [0.2, 0.25) is 0 Å². The highest BCUT2D eigenvalue weighted by atomic mass is 19.1. The largest absolute Gasteiger partial charge is 0.399 e. The standard InChI is InChI=1S/C15H23FN2/c1-10-6-11(2)12(3)18(8-10)9-13-4-5-14(17)7-15(13)16/h4-5,7,10-12H,6,8-9,17H2,1-3H3. The van der Waals surface area contributed by atoms with E-state index >= 15 is 0 Å². The zero-order chi connectivity index (χ0) is 13.3. The number of rotatable bonds is 2. The van der Waals surface area contributed by atoms with Gasteiger partial charge in [-0.05, 0) is 37.3 Å². The van der Waals surface area contributed by atoms with Crippen LogP contribution >= 0.6 is 0 Å². The first-order valence-electron chi connectivity index (χ1n) is 6.75. The number of hydrogen-bond acceptors (Lipinski definition) is 2. The summed E-state index contributed by atoms with van der Waals surface area (Å²) in [5, 5.41) is 0. The van der Waals surface area contributed by atoms with Crippen molar-refractivity contribution < 1.29 is 4.39 Å². The number of piperidine rings is 1. The van der Waals surface area contributed by atoms with Gasteiger partial charge in [-0.2, -0.15) is 0 Å². The fraction of sp³-hybridized carbons (Fsp3) is 0.600. The van der Waals surface area contributed by atoms with Crippen molar-refractivity contribution in [2.24, 2.45) is 11.8 Å². The number of hydrogen-bond donors (Lipinski definition) is 1. The van der Waals surface area contributed by atoms with Crippen LogP contribution in [0, 0.1) is 17.7 Å². The van der Waals surface area contributed by atoms with E-state index < -0.39 is 0 Å². The number of halogens is 1. The van der Waals surface area contributed by atoms with E-state index in [1.165, 1.54) is 12.5 Å². The molecule has 18 heavy (non-hydrogen) atoms. The SMILES string of the molecule is CC1CC(C)C(C)N(Cc2ccc(N)cc2F)C1. The first-order valence-corrected chi connectivity index (χ1v) is 6.75. The molecule has 1 heterocycles. The third-order valence-corrected chi connectivity index (χ3v) is 4.17. The van der Waals surface area contributed by atoms with Crippen LogP contribution in [0.25, 0.3) is 0 Å². The smallest absolute Gasteiger partial charge is 0.129 e. The summed E-state index contributed by atoms with van der Waals surface area (Å²) < 4.78 is 13.8. The predicted molar refractivity (Wildman–Crippen MR) is 73.6 cm³/mol. The highest BCUT2D eigenvalue weighted by Crippen LogP contribution is 2.28. The van der Waals surface area contributed by atoms with E-state index in [1.807, 2.05) is 0 Å². The molecule has 0 amide bonds. The number of anilines is 1. The molecule has 1 aliphatic rings. The minimum Gasteiger partial charge on any atom is -0.399 e. The summed E-state index contributed by atoms with van der Waals surface area (Å²) in [5.41, 5.74) is 6.82. The molecule has 100 valence electrons. The molecule has 3 atom stereocenters. The van der Waals surface area contributed by atoms with Gasteiger partial charge in [0.15, 0.2) is 0 Å². The maximum atomic E-state index is 13.8. The molecule has 1 aromatic rings. The minimum absolute atomic E-state index is 0.187. The molecule has 1 saturated heterocycles. The van der Waals surface area contributed by atoms with Gasteiger partial charge < -0.3 is 5.73 Å². The van der Waals surface area contributed by atoms with E-state index in [4.69, 9.17) is 5.73 Å². The van der Waals surface area contributed by atoms with E-state index in [0.717, 1.165) is 12.1 Å². The molecule has 2 rings (SSSR count). The van der Waals surface area contributed by atoms with Crippen LogP contribution in [0.4, 0.5) is 10.1 Å². The monoisotopic (exact) mass is 250 g/mol. The third kappa shape index (κ3) is 2.83. The fourth-order valence-corrected chi connectivity index (χ4v) is 2.95. The van der Waals surface area contributed by atoms with E-state index in [2.05, 4.69) is 25.7 Å². The van der Waals surface area contributed by atoms with Crippen molar-refractivity contribution >= 4 is 5.69 Å². The van der Waals surface area contributed by atoms with E-state index in [0.29, 0.717) is 30.1 Å². The molecular formula is C15H23FN2. The second-order valence-electron chi connectivity index (χ2n) is 5.84. The van der Waals surface area contributed by atoms with Gasteiger partial charge in [0.1, 0.15) is 5.82 Å². The molecule has 0 saturated carbocycles. The summed E-state index contributed by atoms with van der Waals surface area (Å²) in [4.78, 5) is 2.38. The Balaban J connectivity index is 2.12. The Morgan fingerprint density at radius 3 is 2.72 bits per heavy atom. The van der Waals surface area contributed by atoms with Crippen molar-refractivity contribution in [3.63, 3.8) is 0 Å². The van der Waals surface area contributed by atoms with Crippen LogP contribution < -0.4 is 5.73 Å². The zero-order valence-electron chi connectivity index (χ0n) is 11.5. The molecule has 0 aliphatic carbocycles. The van der Waals surface area contributed by atoms with Crippen LogP contribution in [-0.2, 0) is 6.54 Å². The lowest BCUT2D eigenvalue weighted by Gasteiger charge is -2.41. The maximum Gasteiger partial charge on any atom is 0.129 e. The number of likely N-dealkylation sites (tertiary alicyclic amines) is 1. The average Bonchev–Trinajstić information content (AvgIpc) is 2.29. The van der Waals surface area contributed by atoms with E-state index in [9.17, 15) is 4.39 Å². The van der Waals surface area contributed by atoms with Gasteiger partial charge in [-0.1, -0.05) is 19.9 Å². The van der Waals surface area contributed by atoms with Crippen LogP contribution in [0.3, 0.4) is 0 Å². The first kappa shape index (κ1) is 13.3. The van der Waals surface area contributed by atoms with Crippen molar-refractivity contribution in [1.82, 2.24) is 4.90 Å². The number of nitrogens with two attached hydrogens (primary N) is 1. The molecule has 0 aromatic heterocycles. The lowest BCUT2D eigenvalue weighted by molar-refractivity contribution is 0.0720. The van der Waals surface area contributed by atoms with E-state index in [1.54, 1.807) is 12.1 Å². The molecule has 3 heteroatoms. The van der Waals surface area contributed by atoms with Gasteiger partial charge in [-0.3, -0.25) is 4.90 Å². The summed E-state index contributed by atoms with van der Waals surface area (Å²) in [6, 6.07) is 5.51. The summed E-state index contributed by atoms with van der Waals surface area (Å²) >= 11 is 0. The second kappa shape index (κ2) is 5.27. The highest BCUT2D eigenvalue weighted by Gasteiger charge is 2.28. The van der Waals surface area contributed by atoms with Gasteiger partial charge >= 0.3 is 0 Å². The van der Waals surface area contributed by atoms with Crippen molar-refractivity contribution in [3.05, 3.63) is 29.6 Å². The molecule has 1 aromatic carbocycles. The van der Waals surface area contributed by atoms with Crippen LogP contribution in [0.5, 0.6) is 0 Å². The molecule has 0 radical (unpaired) electrons. The summed E-state index contributed by atoms with van der Waals surface area (Å²) in [7, 11) is 0. The van der Waals surface area contributed by atoms with Gasteiger partial charge in [0.05, 0.1) is 0 Å². The predicted octanol–water partition coefficient (Wildman–Crippen LogP) is 3.27. The Hall–Kier alpha value is -1.09. The fourth-order valence-electron chi connectivity index (χ4n) is 2.95. The summed E-state index contributed by atoms with van der Waals surface area (Å²) in [6.45, 7) is 8.53. The Morgan fingerprint density at radius 2 is 2.06 bits per heavy atom. The van der Waals surface area contributed by atoms with Gasteiger partial charge in [-0.15, -0.1) is 0 Å². The van der Waals surface area contributed by atoms with Crippen LogP contribution in [-0.4, -0.2) is 17.5 Å². The number of benzene rings is 1. The number of nitrogens with zero attached hydrogens (tertiary/aromatic N) is 1. The van der Waals surface area contributed by atoms with Gasteiger partial charge in [0, 0.05) is 30.4 Å². The quantitative estimate of drug-likeness (QED) is 0.816. The Morgan fingerprint density at radius 1 is 1.33 bits per heavy atom.